The lowest BCUT2D eigenvalue weighted by molar-refractivity contribution is 0.182. The van der Waals surface area contributed by atoms with Gasteiger partial charge in [-0.25, -0.2) is 0 Å². The SMILES string of the molecule is CCC(Nc1ccc(Cl)c(Br)c1)C1CCOC1. The lowest BCUT2D eigenvalue weighted by Crippen LogP contribution is -2.28. The molecule has 1 aliphatic rings. The molecule has 2 rings (SSSR count). The standard InChI is InChI=1S/C13H17BrClNO/c1-2-13(9-5-6-17-8-9)16-10-3-4-12(15)11(14)7-10/h3-4,7,9,13,16H,2,5-6,8H2,1H3. The van der Waals surface area contributed by atoms with Crippen molar-refractivity contribution in [2.75, 3.05) is 18.5 Å². The van der Waals surface area contributed by atoms with E-state index in [0.29, 0.717) is 12.0 Å². The number of rotatable bonds is 4. The second-order valence-electron chi connectivity index (χ2n) is 4.41. The van der Waals surface area contributed by atoms with Crippen LogP contribution in [0, 0.1) is 5.92 Å². The monoisotopic (exact) mass is 317 g/mol. The first-order chi connectivity index (χ1) is 8.20. The number of anilines is 1. The van der Waals surface area contributed by atoms with Crippen LogP contribution in [0.3, 0.4) is 0 Å². The summed E-state index contributed by atoms with van der Waals surface area (Å²) < 4.78 is 6.38. The zero-order valence-electron chi connectivity index (χ0n) is 9.88. The van der Waals surface area contributed by atoms with E-state index in [1.54, 1.807) is 0 Å². The molecule has 1 aliphatic heterocycles. The molecule has 2 unspecified atom stereocenters. The Kier molecular flexibility index (Phi) is 4.71. The Morgan fingerprint density at radius 1 is 1.59 bits per heavy atom. The van der Waals surface area contributed by atoms with E-state index in [9.17, 15) is 0 Å². The molecule has 94 valence electrons. The highest BCUT2D eigenvalue weighted by atomic mass is 79.9. The number of benzene rings is 1. The first-order valence-corrected chi connectivity index (χ1v) is 7.17. The van der Waals surface area contributed by atoms with Gasteiger partial charge in [0.05, 0.1) is 11.6 Å². The first kappa shape index (κ1) is 13.2. The quantitative estimate of drug-likeness (QED) is 0.892. The van der Waals surface area contributed by atoms with Crippen LogP contribution in [-0.4, -0.2) is 19.3 Å². The molecule has 17 heavy (non-hydrogen) atoms. The van der Waals surface area contributed by atoms with Crippen LogP contribution < -0.4 is 5.32 Å². The fraction of sp³-hybridized carbons (Fsp3) is 0.538. The Morgan fingerprint density at radius 3 is 3.00 bits per heavy atom. The maximum Gasteiger partial charge on any atom is 0.0549 e. The van der Waals surface area contributed by atoms with Crippen molar-refractivity contribution in [3.63, 3.8) is 0 Å². The Hall–Kier alpha value is -0.250. The van der Waals surface area contributed by atoms with Crippen LogP contribution in [0.5, 0.6) is 0 Å². The fourth-order valence-electron chi connectivity index (χ4n) is 2.22. The number of ether oxygens (including phenoxy) is 1. The van der Waals surface area contributed by atoms with Crippen molar-refractivity contribution in [1.29, 1.82) is 0 Å². The molecule has 1 heterocycles. The molecular formula is C13H17BrClNO. The van der Waals surface area contributed by atoms with Gasteiger partial charge in [-0.3, -0.25) is 0 Å². The zero-order valence-corrected chi connectivity index (χ0v) is 12.2. The molecule has 1 aromatic carbocycles. The highest BCUT2D eigenvalue weighted by Gasteiger charge is 2.24. The highest BCUT2D eigenvalue weighted by Crippen LogP contribution is 2.28. The van der Waals surface area contributed by atoms with Gasteiger partial charge in [-0.2, -0.15) is 0 Å². The molecule has 0 aliphatic carbocycles. The summed E-state index contributed by atoms with van der Waals surface area (Å²) in [6.07, 6.45) is 2.26. The fourth-order valence-corrected chi connectivity index (χ4v) is 2.72. The van der Waals surface area contributed by atoms with E-state index in [1.165, 1.54) is 0 Å². The van der Waals surface area contributed by atoms with E-state index in [1.807, 2.05) is 18.2 Å². The third-order valence-corrected chi connectivity index (χ3v) is 4.46. The van der Waals surface area contributed by atoms with Gasteiger partial charge in [0.2, 0.25) is 0 Å². The Morgan fingerprint density at radius 2 is 2.41 bits per heavy atom. The van der Waals surface area contributed by atoms with Gasteiger partial charge in [-0.1, -0.05) is 18.5 Å². The molecule has 1 fully saturated rings. The second-order valence-corrected chi connectivity index (χ2v) is 5.67. The summed E-state index contributed by atoms with van der Waals surface area (Å²) >= 11 is 9.43. The van der Waals surface area contributed by atoms with Crippen molar-refractivity contribution < 1.29 is 4.74 Å². The van der Waals surface area contributed by atoms with Gasteiger partial charge in [0.25, 0.3) is 0 Å². The molecule has 0 aromatic heterocycles. The van der Waals surface area contributed by atoms with Gasteiger partial charge in [0, 0.05) is 28.7 Å². The van der Waals surface area contributed by atoms with Crippen LogP contribution in [-0.2, 0) is 4.74 Å². The third-order valence-electron chi connectivity index (χ3n) is 3.25. The van der Waals surface area contributed by atoms with Gasteiger partial charge in [0.15, 0.2) is 0 Å². The minimum absolute atomic E-state index is 0.477. The summed E-state index contributed by atoms with van der Waals surface area (Å²) in [5.74, 6) is 0.620. The first-order valence-electron chi connectivity index (χ1n) is 6.00. The maximum absolute atomic E-state index is 5.98. The van der Waals surface area contributed by atoms with E-state index >= 15 is 0 Å². The average Bonchev–Trinajstić information content (AvgIpc) is 2.84. The topological polar surface area (TPSA) is 21.3 Å². The molecule has 0 bridgehead atoms. The number of nitrogens with one attached hydrogen (secondary N) is 1. The maximum atomic E-state index is 5.98. The summed E-state index contributed by atoms with van der Waals surface area (Å²) in [5, 5.41) is 4.31. The summed E-state index contributed by atoms with van der Waals surface area (Å²) in [6.45, 7) is 3.98. The predicted molar refractivity (Wildman–Crippen MR) is 75.8 cm³/mol. The largest absolute Gasteiger partial charge is 0.382 e. The molecule has 2 atom stereocenters. The molecule has 0 spiro atoms. The molecule has 0 radical (unpaired) electrons. The van der Waals surface area contributed by atoms with Gasteiger partial charge >= 0.3 is 0 Å². The molecule has 2 nitrogen and oxygen atoms in total. The minimum atomic E-state index is 0.477. The third kappa shape index (κ3) is 3.36. The normalized spacial score (nSPS) is 21.5. The van der Waals surface area contributed by atoms with Crippen molar-refractivity contribution in [2.24, 2.45) is 5.92 Å². The minimum Gasteiger partial charge on any atom is -0.382 e. The molecule has 4 heteroatoms. The van der Waals surface area contributed by atoms with Crippen molar-refractivity contribution >= 4 is 33.2 Å². The van der Waals surface area contributed by atoms with E-state index < -0.39 is 0 Å². The molecule has 0 amide bonds. The summed E-state index contributed by atoms with van der Waals surface area (Å²) in [4.78, 5) is 0. The van der Waals surface area contributed by atoms with E-state index in [2.05, 4.69) is 28.2 Å². The molecule has 1 N–H and O–H groups in total. The average molecular weight is 319 g/mol. The van der Waals surface area contributed by atoms with Crippen LogP contribution in [0.15, 0.2) is 22.7 Å². The van der Waals surface area contributed by atoms with Crippen molar-refractivity contribution in [3.05, 3.63) is 27.7 Å². The molecule has 1 aromatic rings. The molecule has 1 saturated heterocycles. The van der Waals surface area contributed by atoms with Gasteiger partial charge in [0.1, 0.15) is 0 Å². The van der Waals surface area contributed by atoms with Gasteiger partial charge < -0.3 is 10.1 Å². The second kappa shape index (κ2) is 6.07. The Labute approximate surface area is 116 Å². The number of hydrogen-bond donors (Lipinski definition) is 1. The van der Waals surface area contributed by atoms with Crippen molar-refractivity contribution in [2.45, 2.75) is 25.8 Å². The van der Waals surface area contributed by atoms with Gasteiger partial charge in [-0.15, -0.1) is 0 Å². The van der Waals surface area contributed by atoms with Crippen LogP contribution in [0.1, 0.15) is 19.8 Å². The smallest absolute Gasteiger partial charge is 0.0549 e. The molecular weight excluding hydrogens is 302 g/mol. The Bertz CT molecular complexity index is 380. The van der Waals surface area contributed by atoms with Crippen LogP contribution >= 0.6 is 27.5 Å². The van der Waals surface area contributed by atoms with Gasteiger partial charge in [-0.05, 0) is 47.0 Å². The summed E-state index contributed by atoms with van der Waals surface area (Å²) in [7, 11) is 0. The van der Waals surface area contributed by atoms with Crippen LogP contribution in [0.2, 0.25) is 5.02 Å². The Balaban J connectivity index is 2.04. The molecule has 0 saturated carbocycles. The van der Waals surface area contributed by atoms with E-state index in [4.69, 9.17) is 16.3 Å². The lowest BCUT2D eigenvalue weighted by Gasteiger charge is -2.23. The van der Waals surface area contributed by atoms with Crippen LogP contribution in [0.4, 0.5) is 5.69 Å². The lowest BCUT2D eigenvalue weighted by atomic mass is 9.96. The summed E-state index contributed by atoms with van der Waals surface area (Å²) in [6, 6.07) is 6.43. The number of halogens is 2. The predicted octanol–water partition coefficient (Wildman–Crippen LogP) is 4.33. The van der Waals surface area contributed by atoms with Crippen molar-refractivity contribution in [3.8, 4) is 0 Å². The van der Waals surface area contributed by atoms with Crippen molar-refractivity contribution in [1.82, 2.24) is 0 Å². The zero-order chi connectivity index (χ0) is 12.3. The van der Waals surface area contributed by atoms with E-state index in [0.717, 1.165) is 41.2 Å². The summed E-state index contributed by atoms with van der Waals surface area (Å²) in [5.41, 5.74) is 1.11. The van der Waals surface area contributed by atoms with Crippen LogP contribution in [0.25, 0.3) is 0 Å². The number of hydrogen-bond acceptors (Lipinski definition) is 2. The van der Waals surface area contributed by atoms with E-state index in [-0.39, 0.29) is 0 Å². The highest BCUT2D eigenvalue weighted by molar-refractivity contribution is 9.10.